The third kappa shape index (κ3) is 3.92. The summed E-state index contributed by atoms with van der Waals surface area (Å²) in [5, 5.41) is 9.94. The molecule has 2 rings (SSSR count). The van der Waals surface area contributed by atoms with E-state index in [-0.39, 0.29) is 28.2 Å². The molecule has 0 aliphatic heterocycles. The Hall–Kier alpha value is -2.28. The van der Waals surface area contributed by atoms with Crippen LogP contribution in [0.5, 0.6) is 11.5 Å². The zero-order chi connectivity index (χ0) is 17.2. The second-order valence-electron chi connectivity index (χ2n) is 5.33. The van der Waals surface area contributed by atoms with Gasteiger partial charge in [-0.25, -0.2) is 12.8 Å². The molecule has 2 N–H and O–H groups in total. The molecule has 5 nitrogen and oxygen atoms in total. The monoisotopic (exact) mass is 339 g/mol. The van der Waals surface area contributed by atoms with Crippen molar-refractivity contribution in [2.24, 2.45) is 0 Å². The van der Waals surface area contributed by atoms with Crippen molar-refractivity contribution in [2.75, 3.05) is 4.72 Å². The highest BCUT2D eigenvalue weighted by Gasteiger charge is 2.23. The van der Waals surface area contributed by atoms with Gasteiger partial charge in [-0.05, 0) is 50.6 Å². The molecule has 0 spiro atoms. The van der Waals surface area contributed by atoms with E-state index in [0.717, 1.165) is 12.1 Å². The first-order chi connectivity index (χ1) is 10.7. The van der Waals surface area contributed by atoms with Gasteiger partial charge < -0.3 is 9.84 Å². The number of hydrogen-bond donors (Lipinski definition) is 2. The number of hydrogen-bond acceptors (Lipinski definition) is 4. The van der Waals surface area contributed by atoms with E-state index >= 15 is 0 Å². The molecular formula is C16H18FNO4S. The number of para-hydroxylation sites is 1. The van der Waals surface area contributed by atoms with Crippen LogP contribution in [0.2, 0.25) is 0 Å². The molecule has 0 aliphatic rings. The molecule has 0 amide bonds. The van der Waals surface area contributed by atoms with Gasteiger partial charge in [0.1, 0.15) is 22.2 Å². The van der Waals surface area contributed by atoms with E-state index in [0.29, 0.717) is 5.56 Å². The lowest BCUT2D eigenvalue weighted by atomic mass is 10.2. The van der Waals surface area contributed by atoms with E-state index in [1.54, 1.807) is 32.9 Å². The van der Waals surface area contributed by atoms with Crippen LogP contribution in [0.1, 0.15) is 19.4 Å². The molecule has 0 unspecified atom stereocenters. The van der Waals surface area contributed by atoms with E-state index in [9.17, 15) is 17.9 Å². The summed E-state index contributed by atoms with van der Waals surface area (Å²) in [5.41, 5.74) is 0.535. The van der Waals surface area contributed by atoms with Gasteiger partial charge in [-0.2, -0.15) is 0 Å². The molecule has 0 radical (unpaired) electrons. The minimum Gasteiger partial charge on any atom is -0.505 e. The Balaban J connectivity index is 2.47. The summed E-state index contributed by atoms with van der Waals surface area (Å²) in [5.74, 6) is -0.838. The Morgan fingerprint density at radius 1 is 1.22 bits per heavy atom. The van der Waals surface area contributed by atoms with E-state index in [1.165, 1.54) is 12.1 Å². The second-order valence-corrected chi connectivity index (χ2v) is 6.99. The number of rotatable bonds is 5. The zero-order valence-electron chi connectivity index (χ0n) is 13.0. The number of halogens is 1. The quantitative estimate of drug-likeness (QED) is 0.819. The van der Waals surface area contributed by atoms with E-state index < -0.39 is 15.8 Å². The first-order valence-electron chi connectivity index (χ1n) is 6.98. The van der Waals surface area contributed by atoms with Crippen LogP contribution in [-0.2, 0) is 10.0 Å². The number of sulfonamides is 1. The molecule has 23 heavy (non-hydrogen) atoms. The maximum Gasteiger partial charge on any atom is 0.265 e. The summed E-state index contributed by atoms with van der Waals surface area (Å²) in [6, 6.07) is 7.93. The minimum absolute atomic E-state index is 0.0183. The fourth-order valence-electron chi connectivity index (χ4n) is 1.98. The lowest BCUT2D eigenvalue weighted by Crippen LogP contribution is -2.16. The Kier molecular flexibility index (Phi) is 4.79. The van der Waals surface area contributed by atoms with Crippen molar-refractivity contribution in [1.29, 1.82) is 0 Å². The molecule has 0 aromatic heterocycles. The Morgan fingerprint density at radius 3 is 2.57 bits per heavy atom. The minimum atomic E-state index is -4.13. The van der Waals surface area contributed by atoms with Crippen LogP contribution < -0.4 is 9.46 Å². The Bertz CT molecular complexity index is 819. The first kappa shape index (κ1) is 17.1. The van der Waals surface area contributed by atoms with Crippen LogP contribution in [0.4, 0.5) is 10.1 Å². The number of benzene rings is 2. The summed E-state index contributed by atoms with van der Waals surface area (Å²) in [7, 11) is -4.13. The Morgan fingerprint density at radius 2 is 1.91 bits per heavy atom. The van der Waals surface area contributed by atoms with Gasteiger partial charge in [0.25, 0.3) is 10.0 Å². The van der Waals surface area contributed by atoms with E-state index in [1.807, 2.05) is 0 Å². The number of ether oxygens (including phenoxy) is 1. The summed E-state index contributed by atoms with van der Waals surface area (Å²) in [4.78, 5) is -0.327. The van der Waals surface area contributed by atoms with Crippen LogP contribution in [-0.4, -0.2) is 19.6 Å². The molecular weight excluding hydrogens is 321 g/mol. The zero-order valence-corrected chi connectivity index (χ0v) is 13.8. The van der Waals surface area contributed by atoms with Crippen LogP contribution >= 0.6 is 0 Å². The summed E-state index contributed by atoms with van der Waals surface area (Å²) in [6.45, 7) is 5.11. The van der Waals surface area contributed by atoms with Crippen LogP contribution in [0, 0.1) is 12.7 Å². The van der Waals surface area contributed by atoms with Crippen molar-refractivity contribution in [3.8, 4) is 11.5 Å². The summed E-state index contributed by atoms with van der Waals surface area (Å²) >= 11 is 0. The van der Waals surface area contributed by atoms with Gasteiger partial charge in [0.2, 0.25) is 0 Å². The predicted molar refractivity (Wildman–Crippen MR) is 85.8 cm³/mol. The summed E-state index contributed by atoms with van der Waals surface area (Å²) in [6.07, 6.45) is -0.276. The number of aryl methyl sites for hydroxylation is 1. The number of anilines is 1. The van der Waals surface area contributed by atoms with Gasteiger partial charge in [0.05, 0.1) is 11.8 Å². The summed E-state index contributed by atoms with van der Waals surface area (Å²) < 4.78 is 46.3. The van der Waals surface area contributed by atoms with Crippen molar-refractivity contribution < 1.29 is 22.7 Å². The smallest absolute Gasteiger partial charge is 0.265 e. The molecule has 2 aromatic rings. The van der Waals surface area contributed by atoms with Crippen LogP contribution in [0.3, 0.4) is 0 Å². The lowest BCUT2D eigenvalue weighted by molar-refractivity contribution is 0.235. The van der Waals surface area contributed by atoms with Gasteiger partial charge >= 0.3 is 0 Å². The van der Waals surface area contributed by atoms with Crippen LogP contribution in [0.15, 0.2) is 41.3 Å². The average Bonchev–Trinajstić information content (AvgIpc) is 2.45. The lowest BCUT2D eigenvalue weighted by Gasteiger charge is -2.16. The standard InChI is InChI=1S/C16H18FNO4S/c1-10(2)22-14-8-7-12(17)9-15(14)23(20,21)18-13-6-4-5-11(3)16(13)19/h4-10,18-19H,1-3H3. The van der Waals surface area contributed by atoms with Gasteiger partial charge in [0, 0.05) is 0 Å². The number of phenolic OH excluding ortho intramolecular Hbond substituents is 1. The SMILES string of the molecule is Cc1cccc(NS(=O)(=O)c2cc(F)ccc2OC(C)C)c1O. The number of phenols is 1. The van der Waals surface area contributed by atoms with Crippen molar-refractivity contribution in [3.05, 3.63) is 47.8 Å². The molecule has 2 aromatic carbocycles. The second kappa shape index (κ2) is 6.45. The average molecular weight is 339 g/mol. The highest BCUT2D eigenvalue weighted by molar-refractivity contribution is 7.92. The third-order valence-corrected chi connectivity index (χ3v) is 4.43. The molecule has 0 bridgehead atoms. The molecule has 0 heterocycles. The highest BCUT2D eigenvalue weighted by atomic mass is 32.2. The number of nitrogens with one attached hydrogen (secondary N) is 1. The van der Waals surface area contributed by atoms with Crippen LogP contribution in [0.25, 0.3) is 0 Å². The maximum atomic E-state index is 13.5. The van der Waals surface area contributed by atoms with Gasteiger partial charge in [0.15, 0.2) is 0 Å². The molecule has 0 saturated carbocycles. The van der Waals surface area contributed by atoms with Crippen molar-refractivity contribution in [1.82, 2.24) is 0 Å². The van der Waals surface area contributed by atoms with Gasteiger partial charge in [-0.15, -0.1) is 0 Å². The van der Waals surface area contributed by atoms with Crippen molar-refractivity contribution in [2.45, 2.75) is 31.8 Å². The Labute approximate surface area is 134 Å². The van der Waals surface area contributed by atoms with E-state index in [4.69, 9.17) is 4.74 Å². The largest absolute Gasteiger partial charge is 0.505 e. The van der Waals surface area contributed by atoms with Crippen molar-refractivity contribution >= 4 is 15.7 Å². The molecule has 124 valence electrons. The number of aromatic hydroxyl groups is 1. The highest BCUT2D eigenvalue weighted by Crippen LogP contribution is 2.32. The normalized spacial score (nSPS) is 11.5. The maximum absolute atomic E-state index is 13.5. The molecule has 0 aliphatic carbocycles. The third-order valence-electron chi connectivity index (χ3n) is 3.04. The molecule has 0 atom stereocenters. The molecule has 0 fully saturated rings. The van der Waals surface area contributed by atoms with Crippen molar-refractivity contribution in [3.63, 3.8) is 0 Å². The van der Waals surface area contributed by atoms with Gasteiger partial charge in [-0.1, -0.05) is 12.1 Å². The van der Waals surface area contributed by atoms with E-state index in [2.05, 4.69) is 4.72 Å². The van der Waals surface area contributed by atoms with Gasteiger partial charge in [-0.3, -0.25) is 4.72 Å². The molecule has 7 heteroatoms. The first-order valence-corrected chi connectivity index (χ1v) is 8.46. The molecule has 0 saturated heterocycles. The predicted octanol–water partition coefficient (Wildman–Crippen LogP) is 3.43. The fourth-order valence-corrected chi connectivity index (χ4v) is 3.20. The fraction of sp³-hybridized carbons (Fsp3) is 0.250. The topological polar surface area (TPSA) is 75.6 Å².